The van der Waals surface area contributed by atoms with Crippen LogP contribution in [0.4, 0.5) is 4.39 Å². The van der Waals surface area contributed by atoms with Crippen LogP contribution >= 0.6 is 15.9 Å². The van der Waals surface area contributed by atoms with Crippen molar-refractivity contribution in [1.82, 2.24) is 9.97 Å². The van der Waals surface area contributed by atoms with Gasteiger partial charge in [-0.25, -0.2) is 9.97 Å². The van der Waals surface area contributed by atoms with E-state index in [-0.39, 0.29) is 5.92 Å². The lowest BCUT2D eigenvalue weighted by Crippen LogP contribution is -2.17. The molecule has 1 aliphatic rings. The van der Waals surface area contributed by atoms with E-state index in [1.807, 2.05) is 0 Å². The Hall–Kier alpha value is -0.550. The minimum atomic E-state index is -0.469. The Morgan fingerprint density at radius 2 is 2.00 bits per heavy atom. The van der Waals surface area contributed by atoms with Crippen LogP contribution in [0, 0.1) is 12.9 Å². The number of aromatic nitrogens is 2. The van der Waals surface area contributed by atoms with Crippen LogP contribution in [0.15, 0.2) is 4.47 Å². The third-order valence-corrected chi connectivity index (χ3v) is 3.48. The van der Waals surface area contributed by atoms with Crippen molar-refractivity contribution in [3.05, 3.63) is 21.9 Å². The fourth-order valence-electron chi connectivity index (χ4n) is 1.68. The molecule has 0 saturated carbocycles. The summed E-state index contributed by atoms with van der Waals surface area (Å²) in [6.45, 7) is 3.20. The largest absolute Gasteiger partial charge is 0.381 e. The molecule has 15 heavy (non-hydrogen) atoms. The molecule has 1 aliphatic heterocycles. The zero-order valence-corrected chi connectivity index (χ0v) is 10.1. The maximum atomic E-state index is 13.4. The molecule has 1 aromatic rings. The number of hydrogen-bond donors (Lipinski definition) is 0. The lowest BCUT2D eigenvalue weighted by atomic mass is 9.99. The Morgan fingerprint density at radius 1 is 1.33 bits per heavy atom. The van der Waals surface area contributed by atoms with Gasteiger partial charge in [-0.1, -0.05) is 0 Å². The highest BCUT2D eigenvalue weighted by Gasteiger charge is 2.20. The number of nitrogens with zero attached hydrogens (tertiary/aromatic N) is 2. The van der Waals surface area contributed by atoms with Crippen molar-refractivity contribution in [3.8, 4) is 0 Å². The van der Waals surface area contributed by atoms with Crippen molar-refractivity contribution in [1.29, 1.82) is 0 Å². The Bertz CT molecular complexity index is 343. The summed E-state index contributed by atoms with van der Waals surface area (Å²) in [6, 6.07) is 0. The van der Waals surface area contributed by atoms with Crippen LogP contribution in [0.2, 0.25) is 0 Å². The average Bonchev–Trinajstić information content (AvgIpc) is 2.26. The van der Waals surface area contributed by atoms with E-state index in [4.69, 9.17) is 4.74 Å². The Kier molecular flexibility index (Phi) is 3.31. The molecule has 0 atom stereocenters. The lowest BCUT2D eigenvalue weighted by Gasteiger charge is -2.21. The molecule has 1 fully saturated rings. The monoisotopic (exact) mass is 274 g/mol. The first kappa shape index (κ1) is 11.0. The molecular formula is C10H12BrFN2O. The number of hydrogen-bond acceptors (Lipinski definition) is 3. The maximum Gasteiger partial charge on any atom is 0.230 e. The second kappa shape index (κ2) is 4.53. The summed E-state index contributed by atoms with van der Waals surface area (Å²) in [6.07, 6.45) is 1.75. The zero-order valence-electron chi connectivity index (χ0n) is 8.46. The predicted octanol–water partition coefficient (Wildman–Crippen LogP) is 2.58. The van der Waals surface area contributed by atoms with Crippen molar-refractivity contribution < 1.29 is 9.13 Å². The molecule has 0 bridgehead atoms. The van der Waals surface area contributed by atoms with E-state index in [2.05, 4.69) is 25.9 Å². The quantitative estimate of drug-likeness (QED) is 0.739. The topological polar surface area (TPSA) is 35.0 Å². The highest BCUT2D eigenvalue weighted by molar-refractivity contribution is 9.10. The summed E-state index contributed by atoms with van der Waals surface area (Å²) in [5, 5.41) is 0. The van der Waals surface area contributed by atoms with E-state index in [9.17, 15) is 4.39 Å². The van der Waals surface area contributed by atoms with Crippen molar-refractivity contribution >= 4 is 15.9 Å². The summed E-state index contributed by atoms with van der Waals surface area (Å²) in [5.74, 6) is 0.376. The first-order valence-corrected chi connectivity index (χ1v) is 5.75. The van der Waals surface area contributed by atoms with Crippen molar-refractivity contribution in [2.75, 3.05) is 13.2 Å². The summed E-state index contributed by atoms with van der Waals surface area (Å²) >= 11 is 3.11. The molecule has 0 amide bonds. The van der Waals surface area contributed by atoms with Crippen LogP contribution in [-0.4, -0.2) is 23.2 Å². The van der Waals surface area contributed by atoms with Crippen molar-refractivity contribution in [3.63, 3.8) is 0 Å². The second-order valence-corrected chi connectivity index (χ2v) is 4.45. The molecule has 0 radical (unpaired) electrons. The SMILES string of the molecule is Cc1nc(C2CCOCC2)nc(F)c1Br. The van der Waals surface area contributed by atoms with Gasteiger partial charge >= 0.3 is 0 Å². The first-order valence-electron chi connectivity index (χ1n) is 4.95. The predicted molar refractivity (Wildman–Crippen MR) is 57.2 cm³/mol. The maximum absolute atomic E-state index is 13.4. The third kappa shape index (κ3) is 2.34. The van der Waals surface area contributed by atoms with Gasteiger partial charge in [0.25, 0.3) is 0 Å². The van der Waals surface area contributed by atoms with Gasteiger partial charge in [0.15, 0.2) is 0 Å². The van der Waals surface area contributed by atoms with E-state index in [1.54, 1.807) is 6.92 Å². The van der Waals surface area contributed by atoms with Crippen LogP contribution in [0.1, 0.15) is 30.3 Å². The van der Waals surface area contributed by atoms with Gasteiger partial charge in [0, 0.05) is 19.1 Å². The fourth-order valence-corrected chi connectivity index (χ4v) is 1.86. The molecule has 5 heteroatoms. The number of halogens is 2. The summed E-state index contributed by atoms with van der Waals surface area (Å²) < 4.78 is 19.0. The Balaban J connectivity index is 2.27. The minimum Gasteiger partial charge on any atom is -0.381 e. The van der Waals surface area contributed by atoms with Crippen LogP contribution in [0.3, 0.4) is 0 Å². The van der Waals surface area contributed by atoms with Gasteiger partial charge in [0.2, 0.25) is 5.95 Å². The molecular weight excluding hydrogens is 263 g/mol. The Morgan fingerprint density at radius 3 is 2.60 bits per heavy atom. The van der Waals surface area contributed by atoms with Gasteiger partial charge in [0.1, 0.15) is 5.82 Å². The highest BCUT2D eigenvalue weighted by atomic mass is 79.9. The molecule has 1 aromatic heterocycles. The van der Waals surface area contributed by atoms with Gasteiger partial charge < -0.3 is 4.74 Å². The molecule has 1 saturated heterocycles. The molecule has 3 nitrogen and oxygen atoms in total. The minimum absolute atomic E-state index is 0.236. The highest BCUT2D eigenvalue weighted by Crippen LogP contribution is 2.26. The number of aryl methyl sites for hydroxylation is 1. The van der Waals surface area contributed by atoms with E-state index in [0.29, 0.717) is 29.2 Å². The van der Waals surface area contributed by atoms with Crippen LogP contribution in [0.5, 0.6) is 0 Å². The second-order valence-electron chi connectivity index (χ2n) is 3.66. The van der Waals surface area contributed by atoms with Crippen LogP contribution in [0.25, 0.3) is 0 Å². The Labute approximate surface area is 96.2 Å². The summed E-state index contributed by atoms with van der Waals surface area (Å²) in [5.41, 5.74) is 0.656. The molecule has 0 N–H and O–H groups in total. The van der Waals surface area contributed by atoms with E-state index in [0.717, 1.165) is 12.8 Å². The first-order chi connectivity index (χ1) is 7.18. The molecule has 0 unspecified atom stereocenters. The van der Waals surface area contributed by atoms with Gasteiger partial charge in [-0.2, -0.15) is 4.39 Å². The van der Waals surface area contributed by atoms with E-state index < -0.39 is 5.95 Å². The molecule has 0 aliphatic carbocycles. The van der Waals surface area contributed by atoms with Gasteiger partial charge in [0.05, 0.1) is 10.2 Å². The molecule has 2 heterocycles. The molecule has 0 spiro atoms. The van der Waals surface area contributed by atoms with Crippen molar-refractivity contribution in [2.45, 2.75) is 25.7 Å². The van der Waals surface area contributed by atoms with E-state index in [1.165, 1.54) is 0 Å². The van der Waals surface area contributed by atoms with Crippen molar-refractivity contribution in [2.24, 2.45) is 0 Å². The summed E-state index contributed by atoms with van der Waals surface area (Å²) in [4.78, 5) is 8.18. The third-order valence-electron chi connectivity index (χ3n) is 2.58. The van der Waals surface area contributed by atoms with Gasteiger partial charge in [-0.15, -0.1) is 0 Å². The average molecular weight is 275 g/mol. The smallest absolute Gasteiger partial charge is 0.230 e. The zero-order chi connectivity index (χ0) is 10.8. The van der Waals surface area contributed by atoms with Crippen LogP contribution in [-0.2, 0) is 4.74 Å². The summed E-state index contributed by atoms with van der Waals surface area (Å²) in [7, 11) is 0. The number of ether oxygens (including phenoxy) is 1. The normalized spacial score (nSPS) is 18.1. The van der Waals surface area contributed by atoms with Crippen LogP contribution < -0.4 is 0 Å². The van der Waals surface area contributed by atoms with Gasteiger partial charge in [-0.05, 0) is 35.7 Å². The molecule has 2 rings (SSSR count). The molecule has 0 aromatic carbocycles. The van der Waals surface area contributed by atoms with Gasteiger partial charge in [-0.3, -0.25) is 0 Å². The fraction of sp³-hybridized carbons (Fsp3) is 0.600. The number of rotatable bonds is 1. The standard InChI is InChI=1S/C10H12BrFN2O/c1-6-8(11)9(12)14-10(13-6)7-2-4-15-5-3-7/h7H,2-5H2,1H3. The molecule has 82 valence electrons. The lowest BCUT2D eigenvalue weighted by molar-refractivity contribution is 0.0833. The van der Waals surface area contributed by atoms with E-state index >= 15 is 0 Å².